The lowest BCUT2D eigenvalue weighted by atomic mass is 10.0. The molecule has 0 aliphatic carbocycles. The summed E-state index contributed by atoms with van der Waals surface area (Å²) in [6, 6.07) is 0.714. The van der Waals surface area contributed by atoms with E-state index in [-0.39, 0.29) is 0 Å². The van der Waals surface area contributed by atoms with Crippen molar-refractivity contribution in [1.29, 1.82) is 0 Å². The lowest BCUT2D eigenvalue weighted by Crippen LogP contribution is -2.48. The first kappa shape index (κ1) is 14.9. The molecule has 102 valence electrons. The molecule has 1 unspecified atom stereocenters. The Morgan fingerprint density at radius 2 is 2.00 bits per heavy atom. The van der Waals surface area contributed by atoms with Gasteiger partial charge in [0, 0.05) is 25.7 Å². The molecular formula is C13H30N4. The topological polar surface area (TPSA) is 35.7 Å². The van der Waals surface area contributed by atoms with Crippen molar-refractivity contribution in [3.63, 3.8) is 0 Å². The van der Waals surface area contributed by atoms with Gasteiger partial charge < -0.3 is 20.4 Å². The van der Waals surface area contributed by atoms with Crippen molar-refractivity contribution in [2.24, 2.45) is 5.73 Å². The predicted octanol–water partition coefficient (Wildman–Crippen LogP) is 0.293. The van der Waals surface area contributed by atoms with Crippen LogP contribution >= 0.6 is 0 Å². The van der Waals surface area contributed by atoms with Gasteiger partial charge in [-0.05, 0) is 60.0 Å². The molecule has 1 heterocycles. The predicted molar refractivity (Wildman–Crippen MR) is 74.3 cm³/mol. The van der Waals surface area contributed by atoms with Gasteiger partial charge in [0.05, 0.1) is 0 Å². The maximum absolute atomic E-state index is 5.62. The number of hydrogen-bond acceptors (Lipinski definition) is 4. The van der Waals surface area contributed by atoms with Gasteiger partial charge in [0.25, 0.3) is 0 Å². The molecule has 0 amide bonds. The molecule has 1 aliphatic heterocycles. The van der Waals surface area contributed by atoms with Crippen LogP contribution in [0, 0.1) is 0 Å². The molecular weight excluding hydrogens is 212 g/mol. The number of hydrogen-bond donors (Lipinski definition) is 1. The van der Waals surface area contributed by atoms with E-state index in [0.717, 1.165) is 13.1 Å². The van der Waals surface area contributed by atoms with E-state index in [0.29, 0.717) is 6.04 Å². The molecule has 4 heteroatoms. The number of nitrogens with zero attached hydrogens (tertiary/aromatic N) is 3. The van der Waals surface area contributed by atoms with E-state index in [1.54, 1.807) is 0 Å². The summed E-state index contributed by atoms with van der Waals surface area (Å²) in [4.78, 5) is 7.31. The minimum Gasteiger partial charge on any atom is -0.329 e. The molecule has 0 saturated carbocycles. The summed E-state index contributed by atoms with van der Waals surface area (Å²) in [6.07, 6.45) is 3.95. The molecule has 0 aromatic rings. The maximum Gasteiger partial charge on any atom is 0.0221 e. The van der Waals surface area contributed by atoms with Crippen LogP contribution in [0.3, 0.4) is 0 Å². The minimum absolute atomic E-state index is 0.714. The maximum atomic E-state index is 5.62. The third-order valence-corrected chi connectivity index (χ3v) is 3.67. The molecule has 17 heavy (non-hydrogen) atoms. The molecule has 1 fully saturated rings. The Hall–Kier alpha value is -0.160. The van der Waals surface area contributed by atoms with Crippen LogP contribution in [0.25, 0.3) is 0 Å². The number of piperidine rings is 1. The van der Waals surface area contributed by atoms with E-state index >= 15 is 0 Å². The van der Waals surface area contributed by atoms with Gasteiger partial charge in [-0.1, -0.05) is 0 Å². The van der Waals surface area contributed by atoms with Crippen molar-refractivity contribution in [3.05, 3.63) is 0 Å². The van der Waals surface area contributed by atoms with Crippen LogP contribution in [0.1, 0.15) is 19.3 Å². The first-order valence-corrected chi connectivity index (χ1v) is 6.91. The zero-order valence-corrected chi connectivity index (χ0v) is 11.9. The quantitative estimate of drug-likeness (QED) is 0.696. The summed E-state index contributed by atoms with van der Waals surface area (Å²) in [6.45, 7) is 6.74. The van der Waals surface area contributed by atoms with Crippen molar-refractivity contribution in [1.82, 2.24) is 14.7 Å². The Kier molecular flexibility index (Phi) is 7.04. The number of likely N-dealkylation sites (N-methyl/N-ethyl adjacent to an activating group) is 1. The van der Waals surface area contributed by atoms with Gasteiger partial charge in [-0.2, -0.15) is 0 Å². The minimum atomic E-state index is 0.714. The first-order valence-electron chi connectivity index (χ1n) is 6.91. The van der Waals surface area contributed by atoms with E-state index in [9.17, 15) is 0 Å². The molecule has 4 nitrogen and oxygen atoms in total. The first-order chi connectivity index (χ1) is 8.13. The van der Waals surface area contributed by atoms with Crippen molar-refractivity contribution >= 4 is 0 Å². The zero-order chi connectivity index (χ0) is 12.7. The van der Waals surface area contributed by atoms with Gasteiger partial charge in [0.15, 0.2) is 0 Å². The highest BCUT2D eigenvalue weighted by Gasteiger charge is 2.22. The Balaban J connectivity index is 2.23. The normalized spacial score (nSPS) is 22.6. The average Bonchev–Trinajstić information content (AvgIpc) is 2.29. The Bertz CT molecular complexity index is 196. The van der Waals surface area contributed by atoms with Crippen LogP contribution in [0.2, 0.25) is 0 Å². The van der Waals surface area contributed by atoms with Gasteiger partial charge >= 0.3 is 0 Å². The molecule has 2 N–H and O–H groups in total. The molecule has 1 saturated heterocycles. The van der Waals surface area contributed by atoms with Crippen molar-refractivity contribution in [3.8, 4) is 0 Å². The largest absolute Gasteiger partial charge is 0.329 e. The fraction of sp³-hybridized carbons (Fsp3) is 1.00. The van der Waals surface area contributed by atoms with Gasteiger partial charge in [0.1, 0.15) is 0 Å². The smallest absolute Gasteiger partial charge is 0.0221 e. The lowest BCUT2D eigenvalue weighted by molar-refractivity contribution is 0.115. The second kappa shape index (κ2) is 8.03. The summed E-state index contributed by atoms with van der Waals surface area (Å²) in [7, 11) is 6.50. The summed E-state index contributed by atoms with van der Waals surface area (Å²) in [5.74, 6) is 0. The monoisotopic (exact) mass is 242 g/mol. The third kappa shape index (κ3) is 5.82. The fourth-order valence-electron chi connectivity index (χ4n) is 2.59. The molecule has 1 rings (SSSR count). The molecule has 0 spiro atoms. The van der Waals surface area contributed by atoms with Gasteiger partial charge in [0.2, 0.25) is 0 Å². The highest BCUT2D eigenvalue weighted by Crippen LogP contribution is 2.14. The number of nitrogens with two attached hydrogens (primary N) is 1. The summed E-state index contributed by atoms with van der Waals surface area (Å²) < 4.78 is 0. The molecule has 0 aromatic carbocycles. The summed E-state index contributed by atoms with van der Waals surface area (Å²) >= 11 is 0. The lowest BCUT2D eigenvalue weighted by Gasteiger charge is -2.37. The number of likely N-dealkylation sites (tertiary alicyclic amines) is 1. The van der Waals surface area contributed by atoms with Crippen LogP contribution in [-0.2, 0) is 0 Å². The fourth-order valence-corrected chi connectivity index (χ4v) is 2.59. The van der Waals surface area contributed by atoms with Crippen LogP contribution < -0.4 is 5.73 Å². The van der Waals surface area contributed by atoms with Crippen LogP contribution in [0.4, 0.5) is 0 Å². The van der Waals surface area contributed by atoms with E-state index < -0.39 is 0 Å². The van der Waals surface area contributed by atoms with Gasteiger partial charge in [-0.25, -0.2) is 0 Å². The van der Waals surface area contributed by atoms with Crippen molar-refractivity contribution < 1.29 is 0 Å². The van der Waals surface area contributed by atoms with E-state index in [2.05, 4.69) is 35.8 Å². The van der Waals surface area contributed by atoms with Gasteiger partial charge in [-0.15, -0.1) is 0 Å². The van der Waals surface area contributed by atoms with E-state index in [4.69, 9.17) is 5.73 Å². The third-order valence-electron chi connectivity index (χ3n) is 3.67. The zero-order valence-electron chi connectivity index (χ0n) is 11.9. The average molecular weight is 242 g/mol. The van der Waals surface area contributed by atoms with Gasteiger partial charge in [-0.3, -0.25) is 0 Å². The Morgan fingerprint density at radius 1 is 1.24 bits per heavy atom. The standard InChI is InChI=1S/C13H30N4/c1-15(2)8-5-10-17-9-4-6-13(12-17)16(3)11-7-14/h13H,4-12,14H2,1-3H3. The summed E-state index contributed by atoms with van der Waals surface area (Å²) in [5.41, 5.74) is 5.62. The van der Waals surface area contributed by atoms with Crippen molar-refractivity contribution in [2.45, 2.75) is 25.3 Å². The Morgan fingerprint density at radius 3 is 2.65 bits per heavy atom. The second-order valence-corrected chi connectivity index (χ2v) is 5.52. The molecule has 0 bridgehead atoms. The van der Waals surface area contributed by atoms with Crippen molar-refractivity contribution in [2.75, 3.05) is 60.4 Å². The van der Waals surface area contributed by atoms with E-state index in [1.807, 2.05) is 0 Å². The molecule has 0 aromatic heterocycles. The number of rotatable bonds is 7. The molecule has 0 radical (unpaired) electrons. The van der Waals surface area contributed by atoms with Crippen LogP contribution in [-0.4, -0.2) is 81.2 Å². The summed E-state index contributed by atoms with van der Waals surface area (Å²) in [5, 5.41) is 0. The van der Waals surface area contributed by atoms with E-state index in [1.165, 1.54) is 45.4 Å². The van der Waals surface area contributed by atoms with Crippen LogP contribution in [0.15, 0.2) is 0 Å². The Labute approximate surface area is 107 Å². The molecule has 1 aliphatic rings. The SMILES string of the molecule is CN(C)CCCN1CCCC(N(C)CCN)C1. The molecule has 1 atom stereocenters. The second-order valence-electron chi connectivity index (χ2n) is 5.52. The van der Waals surface area contributed by atoms with Crippen LogP contribution in [0.5, 0.6) is 0 Å². The highest BCUT2D eigenvalue weighted by molar-refractivity contribution is 4.79. The highest BCUT2D eigenvalue weighted by atomic mass is 15.2.